The first kappa shape index (κ1) is 16.6. The number of benzene rings is 2. The van der Waals surface area contributed by atoms with E-state index in [-0.39, 0.29) is 10.7 Å². The molecule has 3 rings (SSSR count). The maximum absolute atomic E-state index is 12.7. The summed E-state index contributed by atoms with van der Waals surface area (Å²) < 4.78 is 0. The summed E-state index contributed by atoms with van der Waals surface area (Å²) in [4.78, 5) is 26.1. The average molecular weight is 361 g/mol. The zero-order valence-corrected chi connectivity index (χ0v) is 14.6. The molecule has 122 valence electrons. The maximum Gasteiger partial charge on any atom is 0.283 e. The quantitative estimate of drug-likeness (QED) is 0.825. The van der Waals surface area contributed by atoms with Crippen LogP contribution in [0.3, 0.4) is 0 Å². The van der Waals surface area contributed by atoms with Crippen LogP contribution in [0.2, 0.25) is 5.02 Å². The van der Waals surface area contributed by atoms with Gasteiger partial charge in [0.05, 0.1) is 10.7 Å². The smallest absolute Gasteiger partial charge is 0.283 e. The SMILES string of the molecule is Cc1ccc(C)c(NC2=C(Cl)C(=O)N(c3ccccc3Cl)C2=O)c1. The molecule has 1 aliphatic rings. The van der Waals surface area contributed by atoms with Crippen LogP contribution < -0.4 is 10.2 Å². The molecular formula is C18H14Cl2N2O2. The van der Waals surface area contributed by atoms with E-state index in [1.54, 1.807) is 24.3 Å². The number of carbonyl (C=O) groups excluding carboxylic acids is 2. The van der Waals surface area contributed by atoms with Gasteiger partial charge in [0, 0.05) is 5.69 Å². The van der Waals surface area contributed by atoms with Gasteiger partial charge in [0.1, 0.15) is 10.7 Å². The summed E-state index contributed by atoms with van der Waals surface area (Å²) in [5.74, 6) is -1.12. The van der Waals surface area contributed by atoms with Crippen molar-refractivity contribution >= 4 is 46.4 Å². The van der Waals surface area contributed by atoms with Crippen LogP contribution in [-0.4, -0.2) is 11.8 Å². The number of hydrogen-bond donors (Lipinski definition) is 1. The molecule has 0 radical (unpaired) electrons. The van der Waals surface area contributed by atoms with Crippen LogP contribution in [0.4, 0.5) is 11.4 Å². The Morgan fingerprint density at radius 1 is 0.958 bits per heavy atom. The number of aryl methyl sites for hydroxylation is 2. The lowest BCUT2D eigenvalue weighted by molar-refractivity contribution is -0.120. The minimum Gasteiger partial charge on any atom is -0.349 e. The van der Waals surface area contributed by atoms with Gasteiger partial charge in [-0.2, -0.15) is 0 Å². The predicted octanol–water partition coefficient (Wildman–Crippen LogP) is 4.39. The third kappa shape index (κ3) is 2.79. The van der Waals surface area contributed by atoms with E-state index in [1.165, 1.54) is 0 Å². The van der Waals surface area contributed by atoms with E-state index in [0.717, 1.165) is 21.7 Å². The number of hydrogen-bond acceptors (Lipinski definition) is 3. The summed E-state index contributed by atoms with van der Waals surface area (Å²) in [5, 5.41) is 3.14. The molecule has 0 saturated heterocycles. The third-order valence-corrected chi connectivity index (χ3v) is 4.44. The number of anilines is 2. The van der Waals surface area contributed by atoms with E-state index in [9.17, 15) is 9.59 Å². The predicted molar refractivity (Wildman–Crippen MR) is 96.4 cm³/mol. The fraction of sp³-hybridized carbons (Fsp3) is 0.111. The minimum absolute atomic E-state index is 0.0512. The Kier molecular flexibility index (Phi) is 4.35. The number of imide groups is 1. The summed E-state index contributed by atoms with van der Waals surface area (Å²) in [7, 11) is 0. The highest BCUT2D eigenvalue weighted by atomic mass is 35.5. The molecule has 6 heteroatoms. The summed E-state index contributed by atoms with van der Waals surface area (Å²) >= 11 is 12.2. The molecule has 2 aromatic carbocycles. The van der Waals surface area contributed by atoms with Gasteiger partial charge >= 0.3 is 0 Å². The highest BCUT2D eigenvalue weighted by Gasteiger charge is 2.39. The molecule has 0 fully saturated rings. The van der Waals surface area contributed by atoms with Gasteiger partial charge in [-0.3, -0.25) is 9.59 Å². The van der Waals surface area contributed by atoms with Crippen molar-refractivity contribution in [3.05, 3.63) is 69.3 Å². The van der Waals surface area contributed by atoms with Crippen molar-refractivity contribution in [1.82, 2.24) is 0 Å². The number of nitrogens with one attached hydrogen (secondary N) is 1. The summed E-state index contributed by atoms with van der Waals surface area (Å²) in [6.45, 7) is 3.85. The molecule has 0 aliphatic carbocycles. The molecule has 1 N–H and O–H groups in total. The van der Waals surface area contributed by atoms with Crippen LogP contribution >= 0.6 is 23.2 Å². The molecule has 0 aromatic heterocycles. The van der Waals surface area contributed by atoms with E-state index in [4.69, 9.17) is 23.2 Å². The van der Waals surface area contributed by atoms with Crippen molar-refractivity contribution in [3.8, 4) is 0 Å². The molecule has 0 bridgehead atoms. The Hall–Kier alpha value is -2.30. The lowest BCUT2D eigenvalue weighted by Crippen LogP contribution is -2.32. The van der Waals surface area contributed by atoms with Gasteiger partial charge in [0.2, 0.25) is 0 Å². The van der Waals surface area contributed by atoms with Gasteiger partial charge in [-0.05, 0) is 43.2 Å². The standard InChI is InChI=1S/C18H14Cl2N2O2/c1-10-7-8-11(2)13(9-10)21-16-15(20)17(23)22(18(16)24)14-6-4-3-5-12(14)19/h3-9,21H,1-2H3. The normalized spacial score (nSPS) is 14.6. The molecule has 2 aromatic rings. The zero-order chi connectivity index (χ0) is 17.4. The van der Waals surface area contributed by atoms with Crippen molar-refractivity contribution in [2.75, 3.05) is 10.2 Å². The van der Waals surface area contributed by atoms with Crippen molar-refractivity contribution in [2.45, 2.75) is 13.8 Å². The average Bonchev–Trinajstić information content (AvgIpc) is 2.75. The number of carbonyl (C=O) groups is 2. The van der Waals surface area contributed by atoms with Gasteiger partial charge in [0.15, 0.2) is 0 Å². The highest BCUT2D eigenvalue weighted by Crippen LogP contribution is 2.34. The first-order valence-electron chi connectivity index (χ1n) is 7.27. The van der Waals surface area contributed by atoms with Crippen LogP contribution in [-0.2, 0) is 9.59 Å². The van der Waals surface area contributed by atoms with Gasteiger partial charge in [0.25, 0.3) is 11.8 Å². The van der Waals surface area contributed by atoms with Crippen LogP contribution in [0.1, 0.15) is 11.1 Å². The fourth-order valence-electron chi connectivity index (χ4n) is 2.47. The van der Waals surface area contributed by atoms with Gasteiger partial charge in [-0.1, -0.05) is 47.5 Å². The Labute approximate surface area is 149 Å². The second-order valence-electron chi connectivity index (χ2n) is 5.53. The Morgan fingerprint density at radius 2 is 1.67 bits per heavy atom. The van der Waals surface area contributed by atoms with E-state index >= 15 is 0 Å². The topological polar surface area (TPSA) is 49.4 Å². The lowest BCUT2D eigenvalue weighted by atomic mass is 10.1. The molecule has 2 amide bonds. The zero-order valence-electron chi connectivity index (χ0n) is 13.1. The second kappa shape index (κ2) is 6.30. The van der Waals surface area contributed by atoms with Crippen molar-refractivity contribution in [3.63, 3.8) is 0 Å². The molecule has 0 spiro atoms. The van der Waals surface area contributed by atoms with E-state index < -0.39 is 11.8 Å². The molecule has 1 aliphatic heterocycles. The number of nitrogens with zero attached hydrogens (tertiary/aromatic N) is 1. The monoisotopic (exact) mass is 360 g/mol. The first-order chi connectivity index (χ1) is 11.4. The summed E-state index contributed by atoms with van der Waals surface area (Å²) in [6, 6.07) is 12.4. The van der Waals surface area contributed by atoms with Crippen LogP contribution in [0.5, 0.6) is 0 Å². The second-order valence-corrected chi connectivity index (χ2v) is 6.31. The molecule has 4 nitrogen and oxygen atoms in total. The Balaban J connectivity index is 1.98. The van der Waals surface area contributed by atoms with E-state index in [0.29, 0.717) is 10.7 Å². The van der Waals surface area contributed by atoms with Crippen molar-refractivity contribution < 1.29 is 9.59 Å². The molecule has 1 heterocycles. The summed E-state index contributed by atoms with van der Waals surface area (Å²) in [6.07, 6.45) is 0. The number of amides is 2. The number of para-hydroxylation sites is 1. The molecule has 0 saturated carbocycles. The van der Waals surface area contributed by atoms with Crippen molar-refractivity contribution in [1.29, 1.82) is 0 Å². The number of rotatable bonds is 3. The molecule has 24 heavy (non-hydrogen) atoms. The third-order valence-electron chi connectivity index (χ3n) is 3.77. The molecule has 0 atom stereocenters. The van der Waals surface area contributed by atoms with Gasteiger partial charge in [-0.15, -0.1) is 0 Å². The largest absolute Gasteiger partial charge is 0.349 e. The van der Waals surface area contributed by atoms with Crippen LogP contribution in [0.15, 0.2) is 53.2 Å². The number of halogens is 2. The maximum atomic E-state index is 12.7. The van der Waals surface area contributed by atoms with Gasteiger partial charge < -0.3 is 5.32 Å². The highest BCUT2D eigenvalue weighted by molar-refractivity contribution is 6.53. The molecular weight excluding hydrogens is 347 g/mol. The van der Waals surface area contributed by atoms with Crippen molar-refractivity contribution in [2.24, 2.45) is 0 Å². The Bertz CT molecular complexity index is 890. The van der Waals surface area contributed by atoms with Gasteiger partial charge in [-0.25, -0.2) is 4.90 Å². The Morgan fingerprint density at radius 3 is 2.38 bits per heavy atom. The fourth-order valence-corrected chi connectivity index (χ4v) is 2.90. The molecule has 0 unspecified atom stereocenters. The van der Waals surface area contributed by atoms with Crippen LogP contribution in [0, 0.1) is 13.8 Å². The van der Waals surface area contributed by atoms with Crippen LogP contribution in [0.25, 0.3) is 0 Å². The summed E-state index contributed by atoms with van der Waals surface area (Å²) in [5.41, 5.74) is 3.05. The minimum atomic E-state index is -0.595. The lowest BCUT2D eigenvalue weighted by Gasteiger charge is -2.16. The van der Waals surface area contributed by atoms with E-state index in [2.05, 4.69) is 5.32 Å². The first-order valence-corrected chi connectivity index (χ1v) is 8.03. The van der Waals surface area contributed by atoms with E-state index in [1.807, 2.05) is 32.0 Å².